The molecule has 2 aromatic rings. The highest BCUT2D eigenvalue weighted by atomic mass is 79.9. The van der Waals surface area contributed by atoms with Crippen LogP contribution in [0.25, 0.3) is 0 Å². The second kappa shape index (κ2) is 6.01. The lowest BCUT2D eigenvalue weighted by atomic mass is 10.1. The Morgan fingerprint density at radius 1 is 1.17 bits per heavy atom. The predicted octanol–water partition coefficient (Wildman–Crippen LogP) is 4.08. The van der Waals surface area contributed by atoms with Crippen LogP contribution in [-0.2, 0) is 6.42 Å². The van der Waals surface area contributed by atoms with Crippen molar-refractivity contribution in [2.45, 2.75) is 18.2 Å². The summed E-state index contributed by atoms with van der Waals surface area (Å²) < 4.78 is 5.15. The Morgan fingerprint density at radius 3 is 2.44 bits per heavy atom. The van der Waals surface area contributed by atoms with E-state index in [1.807, 2.05) is 25.3 Å². The van der Waals surface area contributed by atoms with E-state index in [1.165, 1.54) is 11.1 Å². The van der Waals surface area contributed by atoms with Gasteiger partial charge in [0.2, 0.25) is 0 Å². The van der Waals surface area contributed by atoms with Crippen LogP contribution in [0.3, 0.4) is 0 Å². The van der Waals surface area contributed by atoms with Crippen molar-refractivity contribution in [3.05, 3.63) is 59.4 Å². The summed E-state index contributed by atoms with van der Waals surface area (Å²) in [7, 11) is 1.68. The van der Waals surface area contributed by atoms with Crippen molar-refractivity contribution < 1.29 is 4.74 Å². The molecule has 1 aromatic heterocycles. The third kappa shape index (κ3) is 3.33. The fourth-order valence-corrected chi connectivity index (χ4v) is 2.37. The zero-order valence-corrected chi connectivity index (χ0v) is 12.1. The number of benzene rings is 1. The van der Waals surface area contributed by atoms with Gasteiger partial charge in [0.05, 0.1) is 7.11 Å². The van der Waals surface area contributed by atoms with Crippen molar-refractivity contribution in [3.63, 3.8) is 0 Å². The van der Waals surface area contributed by atoms with Gasteiger partial charge in [-0.15, -0.1) is 0 Å². The van der Waals surface area contributed by atoms with E-state index in [0.717, 1.165) is 17.9 Å². The van der Waals surface area contributed by atoms with E-state index in [2.05, 4.69) is 45.2 Å². The maximum Gasteiger partial charge on any atom is 0.118 e. The fraction of sp³-hybridized carbons (Fsp3) is 0.267. The standard InChI is InChI=1S/C15H16BrNO/c1-11-3-6-13(17-10-11)9-15(16)12-4-7-14(18-2)8-5-12/h3-8,10,15H,9H2,1-2H3. The Morgan fingerprint density at radius 2 is 1.89 bits per heavy atom. The van der Waals surface area contributed by atoms with Gasteiger partial charge in [0.1, 0.15) is 5.75 Å². The first kappa shape index (κ1) is 13.1. The molecule has 3 heteroatoms. The van der Waals surface area contributed by atoms with E-state index in [-0.39, 0.29) is 4.83 Å². The Balaban J connectivity index is 2.06. The van der Waals surface area contributed by atoms with Gasteiger partial charge in [-0.2, -0.15) is 0 Å². The molecule has 0 aliphatic carbocycles. The number of rotatable bonds is 4. The smallest absolute Gasteiger partial charge is 0.118 e. The van der Waals surface area contributed by atoms with Gasteiger partial charge < -0.3 is 4.74 Å². The number of halogens is 1. The molecule has 0 bridgehead atoms. The number of hydrogen-bond donors (Lipinski definition) is 0. The SMILES string of the molecule is COc1ccc(C(Br)Cc2ccc(C)cn2)cc1. The lowest BCUT2D eigenvalue weighted by Gasteiger charge is -2.10. The first-order valence-electron chi connectivity index (χ1n) is 5.88. The second-order valence-corrected chi connectivity index (χ2v) is 5.38. The molecule has 0 fully saturated rings. The molecular formula is C15H16BrNO. The number of pyridine rings is 1. The van der Waals surface area contributed by atoms with Gasteiger partial charge >= 0.3 is 0 Å². The zero-order valence-electron chi connectivity index (χ0n) is 10.6. The summed E-state index contributed by atoms with van der Waals surface area (Å²) >= 11 is 3.71. The second-order valence-electron chi connectivity index (χ2n) is 4.27. The number of methoxy groups -OCH3 is 1. The van der Waals surface area contributed by atoms with Crippen molar-refractivity contribution in [3.8, 4) is 5.75 Å². The quantitative estimate of drug-likeness (QED) is 0.794. The highest BCUT2D eigenvalue weighted by molar-refractivity contribution is 9.09. The summed E-state index contributed by atoms with van der Waals surface area (Å²) in [6.45, 7) is 2.05. The summed E-state index contributed by atoms with van der Waals surface area (Å²) in [4.78, 5) is 4.70. The van der Waals surface area contributed by atoms with Crippen molar-refractivity contribution in [1.29, 1.82) is 0 Å². The van der Waals surface area contributed by atoms with Crippen molar-refractivity contribution >= 4 is 15.9 Å². The van der Waals surface area contributed by atoms with Crippen LogP contribution in [0.2, 0.25) is 0 Å². The molecule has 94 valence electrons. The Bertz CT molecular complexity index is 493. The topological polar surface area (TPSA) is 22.1 Å². The number of aromatic nitrogens is 1. The molecule has 0 N–H and O–H groups in total. The first-order valence-corrected chi connectivity index (χ1v) is 6.80. The molecule has 1 heterocycles. The van der Waals surface area contributed by atoms with Gasteiger partial charge in [0.15, 0.2) is 0 Å². The molecule has 1 unspecified atom stereocenters. The van der Waals surface area contributed by atoms with Crippen LogP contribution in [-0.4, -0.2) is 12.1 Å². The van der Waals surface area contributed by atoms with E-state index in [9.17, 15) is 0 Å². The summed E-state index contributed by atoms with van der Waals surface area (Å²) in [6, 6.07) is 12.3. The Kier molecular flexibility index (Phi) is 4.37. The van der Waals surface area contributed by atoms with Crippen molar-refractivity contribution in [1.82, 2.24) is 4.98 Å². The summed E-state index contributed by atoms with van der Waals surface area (Å²) in [5, 5.41) is 0. The van der Waals surface area contributed by atoms with Crippen LogP contribution < -0.4 is 4.74 Å². The molecule has 0 radical (unpaired) electrons. The van der Waals surface area contributed by atoms with Gasteiger partial charge in [-0.3, -0.25) is 4.98 Å². The van der Waals surface area contributed by atoms with Crippen LogP contribution in [0.15, 0.2) is 42.6 Å². The molecule has 2 nitrogen and oxygen atoms in total. The lowest BCUT2D eigenvalue weighted by molar-refractivity contribution is 0.414. The summed E-state index contributed by atoms with van der Waals surface area (Å²) in [5.41, 5.74) is 3.52. The highest BCUT2D eigenvalue weighted by Crippen LogP contribution is 2.27. The predicted molar refractivity (Wildman–Crippen MR) is 77.3 cm³/mol. The monoisotopic (exact) mass is 305 g/mol. The third-order valence-electron chi connectivity index (χ3n) is 2.84. The largest absolute Gasteiger partial charge is 0.497 e. The minimum atomic E-state index is 0.276. The lowest BCUT2D eigenvalue weighted by Crippen LogP contribution is -1.98. The Hall–Kier alpha value is -1.35. The minimum absolute atomic E-state index is 0.276. The Labute approximate surface area is 116 Å². The molecule has 18 heavy (non-hydrogen) atoms. The molecule has 0 aliphatic rings. The van der Waals surface area contributed by atoms with Gasteiger partial charge in [-0.05, 0) is 36.2 Å². The van der Waals surface area contributed by atoms with E-state index in [1.54, 1.807) is 7.11 Å². The molecule has 0 aliphatic heterocycles. The maximum atomic E-state index is 5.15. The summed E-state index contributed by atoms with van der Waals surface area (Å²) in [5.74, 6) is 0.881. The van der Waals surface area contributed by atoms with Gasteiger partial charge in [-0.1, -0.05) is 34.1 Å². The molecule has 2 rings (SSSR count). The maximum absolute atomic E-state index is 5.15. The van der Waals surface area contributed by atoms with Crippen molar-refractivity contribution in [2.24, 2.45) is 0 Å². The number of ether oxygens (including phenoxy) is 1. The normalized spacial score (nSPS) is 12.2. The first-order chi connectivity index (χ1) is 8.69. The van der Waals surface area contributed by atoms with E-state index >= 15 is 0 Å². The van der Waals surface area contributed by atoms with E-state index in [4.69, 9.17) is 4.74 Å². The van der Waals surface area contributed by atoms with Gasteiger partial charge in [-0.25, -0.2) is 0 Å². The average molecular weight is 306 g/mol. The average Bonchev–Trinajstić information content (AvgIpc) is 2.41. The van der Waals surface area contributed by atoms with Crippen LogP contribution in [0.1, 0.15) is 21.6 Å². The highest BCUT2D eigenvalue weighted by Gasteiger charge is 2.09. The van der Waals surface area contributed by atoms with Crippen LogP contribution in [0.4, 0.5) is 0 Å². The molecule has 0 amide bonds. The number of nitrogens with zero attached hydrogens (tertiary/aromatic N) is 1. The number of hydrogen-bond acceptors (Lipinski definition) is 2. The fourth-order valence-electron chi connectivity index (χ4n) is 1.73. The van der Waals surface area contributed by atoms with E-state index in [0.29, 0.717) is 0 Å². The zero-order chi connectivity index (χ0) is 13.0. The van der Waals surface area contributed by atoms with Gasteiger partial charge in [0.25, 0.3) is 0 Å². The summed E-state index contributed by atoms with van der Waals surface area (Å²) in [6.07, 6.45) is 2.79. The number of alkyl halides is 1. The van der Waals surface area contributed by atoms with Crippen LogP contribution in [0, 0.1) is 6.92 Å². The molecule has 1 atom stereocenters. The van der Waals surface area contributed by atoms with E-state index < -0.39 is 0 Å². The molecule has 1 aromatic carbocycles. The molecule has 0 saturated carbocycles. The molecule has 0 spiro atoms. The molecular weight excluding hydrogens is 290 g/mol. The third-order valence-corrected chi connectivity index (χ3v) is 3.69. The van der Waals surface area contributed by atoms with Crippen LogP contribution >= 0.6 is 15.9 Å². The minimum Gasteiger partial charge on any atom is -0.497 e. The molecule has 0 saturated heterocycles. The van der Waals surface area contributed by atoms with Crippen LogP contribution in [0.5, 0.6) is 5.75 Å². The van der Waals surface area contributed by atoms with Gasteiger partial charge in [0, 0.05) is 23.1 Å². The number of aryl methyl sites for hydroxylation is 1. The van der Waals surface area contributed by atoms with Crippen molar-refractivity contribution in [2.75, 3.05) is 7.11 Å².